The highest BCUT2D eigenvalue weighted by atomic mass is 16.5. The van der Waals surface area contributed by atoms with Crippen LogP contribution in [0.4, 0.5) is 5.69 Å². The van der Waals surface area contributed by atoms with Crippen LogP contribution in [-0.2, 0) is 0 Å². The molecule has 4 nitrogen and oxygen atoms in total. The van der Waals surface area contributed by atoms with Gasteiger partial charge in [-0.25, -0.2) is 0 Å². The molecule has 0 unspecified atom stereocenters. The molecule has 1 amide bonds. The number of hydrogen-bond donors (Lipinski definition) is 1. The highest BCUT2D eigenvalue weighted by Gasteiger charge is 2.31. The Morgan fingerprint density at radius 3 is 2.57 bits per heavy atom. The molecule has 1 saturated heterocycles. The van der Waals surface area contributed by atoms with Crippen LogP contribution >= 0.6 is 0 Å². The molecule has 2 rings (SSSR count). The predicted molar refractivity (Wildman–Crippen MR) is 85.6 cm³/mol. The van der Waals surface area contributed by atoms with E-state index in [2.05, 4.69) is 13.8 Å². The summed E-state index contributed by atoms with van der Waals surface area (Å²) in [7, 11) is 0. The van der Waals surface area contributed by atoms with E-state index in [4.69, 9.17) is 10.5 Å². The summed E-state index contributed by atoms with van der Waals surface area (Å²) in [4.78, 5) is 14.7. The number of rotatable bonds is 4. The second-order valence-corrected chi connectivity index (χ2v) is 6.11. The number of piperidine rings is 1. The van der Waals surface area contributed by atoms with E-state index in [0.29, 0.717) is 29.0 Å². The summed E-state index contributed by atoms with van der Waals surface area (Å²) < 4.78 is 5.57. The van der Waals surface area contributed by atoms with Crippen molar-refractivity contribution in [1.82, 2.24) is 4.90 Å². The van der Waals surface area contributed by atoms with Crippen molar-refractivity contribution in [3.63, 3.8) is 0 Å². The molecule has 21 heavy (non-hydrogen) atoms. The first-order valence-electron chi connectivity index (χ1n) is 7.81. The third-order valence-corrected chi connectivity index (χ3v) is 4.68. The van der Waals surface area contributed by atoms with E-state index in [1.165, 1.54) is 0 Å². The normalized spacial score (nSPS) is 17.6. The Hall–Kier alpha value is -1.71. The second kappa shape index (κ2) is 6.37. The van der Waals surface area contributed by atoms with Crippen LogP contribution in [0.3, 0.4) is 0 Å². The number of nitrogens with two attached hydrogens (primary N) is 1. The summed E-state index contributed by atoms with van der Waals surface area (Å²) in [6, 6.07) is 5.38. The Labute approximate surface area is 127 Å². The molecule has 1 heterocycles. The molecule has 116 valence electrons. The number of carbonyl (C=O) groups excluding carboxylic acids is 1. The molecule has 0 aromatic heterocycles. The third-order valence-electron chi connectivity index (χ3n) is 4.68. The molecule has 0 aliphatic carbocycles. The Bertz CT molecular complexity index is 506. The average Bonchev–Trinajstić information content (AvgIpc) is 2.49. The van der Waals surface area contributed by atoms with Gasteiger partial charge in [0.25, 0.3) is 5.91 Å². The highest BCUT2D eigenvalue weighted by Crippen LogP contribution is 2.35. The zero-order valence-electron chi connectivity index (χ0n) is 13.3. The van der Waals surface area contributed by atoms with E-state index in [0.717, 1.165) is 32.4 Å². The zero-order chi connectivity index (χ0) is 15.5. The average molecular weight is 290 g/mol. The maximum atomic E-state index is 12.7. The number of anilines is 1. The molecular weight excluding hydrogens is 264 g/mol. The van der Waals surface area contributed by atoms with Crippen molar-refractivity contribution >= 4 is 11.6 Å². The summed E-state index contributed by atoms with van der Waals surface area (Å²) in [5.74, 6) is 0.553. The number of likely N-dealkylation sites (tertiary alicyclic amines) is 1. The van der Waals surface area contributed by atoms with Crippen molar-refractivity contribution in [1.29, 1.82) is 0 Å². The monoisotopic (exact) mass is 290 g/mol. The van der Waals surface area contributed by atoms with Gasteiger partial charge in [0.2, 0.25) is 0 Å². The number of hydrogen-bond acceptors (Lipinski definition) is 3. The third kappa shape index (κ3) is 3.31. The minimum Gasteiger partial charge on any atom is -0.491 e. The van der Waals surface area contributed by atoms with Crippen LogP contribution in [0, 0.1) is 5.41 Å². The maximum absolute atomic E-state index is 12.7. The number of amides is 1. The van der Waals surface area contributed by atoms with Crippen molar-refractivity contribution in [3.8, 4) is 5.75 Å². The maximum Gasteiger partial charge on any atom is 0.257 e. The van der Waals surface area contributed by atoms with Gasteiger partial charge in [0, 0.05) is 13.1 Å². The molecule has 1 aliphatic heterocycles. The lowest BCUT2D eigenvalue weighted by atomic mass is 9.78. The molecule has 0 saturated carbocycles. The van der Waals surface area contributed by atoms with Crippen molar-refractivity contribution in [3.05, 3.63) is 23.8 Å². The molecule has 1 aliphatic rings. The lowest BCUT2D eigenvalue weighted by molar-refractivity contribution is 0.0596. The highest BCUT2D eigenvalue weighted by molar-refractivity contribution is 5.98. The molecule has 2 N–H and O–H groups in total. The molecule has 1 aromatic carbocycles. The van der Waals surface area contributed by atoms with Crippen LogP contribution in [0.5, 0.6) is 5.75 Å². The van der Waals surface area contributed by atoms with Crippen LogP contribution in [0.2, 0.25) is 0 Å². The van der Waals surface area contributed by atoms with Crippen LogP contribution in [0.1, 0.15) is 50.4 Å². The van der Waals surface area contributed by atoms with Crippen LogP contribution in [0.15, 0.2) is 18.2 Å². The van der Waals surface area contributed by atoms with E-state index in [1.807, 2.05) is 17.9 Å². The van der Waals surface area contributed by atoms with E-state index in [-0.39, 0.29) is 5.91 Å². The Morgan fingerprint density at radius 2 is 2.00 bits per heavy atom. The predicted octanol–water partition coefficient (Wildman–Crippen LogP) is 3.32. The quantitative estimate of drug-likeness (QED) is 0.865. The van der Waals surface area contributed by atoms with Gasteiger partial charge in [-0.2, -0.15) is 0 Å². The second-order valence-electron chi connectivity index (χ2n) is 6.11. The minimum absolute atomic E-state index is 0.0314. The van der Waals surface area contributed by atoms with Gasteiger partial charge in [0.15, 0.2) is 5.75 Å². The summed E-state index contributed by atoms with van der Waals surface area (Å²) in [5, 5.41) is 0. The standard InChI is InChI=1S/C17H26N2O2/c1-4-17(3)9-11-19(12-10-17)16(20)13-7-6-8-14(18)15(13)21-5-2/h6-8H,4-5,9-12,18H2,1-3H3. The topological polar surface area (TPSA) is 55.6 Å². The van der Waals surface area contributed by atoms with Gasteiger partial charge in [-0.1, -0.05) is 26.3 Å². The smallest absolute Gasteiger partial charge is 0.257 e. The first-order valence-corrected chi connectivity index (χ1v) is 7.81. The Balaban J connectivity index is 2.16. The van der Waals surface area contributed by atoms with Crippen molar-refractivity contribution in [2.24, 2.45) is 5.41 Å². The van der Waals surface area contributed by atoms with Gasteiger partial charge in [0.1, 0.15) is 0 Å². The van der Waals surface area contributed by atoms with Crippen molar-refractivity contribution in [2.45, 2.75) is 40.0 Å². The molecule has 0 bridgehead atoms. The van der Waals surface area contributed by atoms with Crippen LogP contribution < -0.4 is 10.5 Å². The van der Waals surface area contributed by atoms with Crippen molar-refractivity contribution in [2.75, 3.05) is 25.4 Å². The minimum atomic E-state index is 0.0314. The molecule has 1 aromatic rings. The van der Waals surface area contributed by atoms with E-state index in [1.54, 1.807) is 12.1 Å². The lowest BCUT2D eigenvalue weighted by Crippen LogP contribution is -2.42. The molecule has 1 fully saturated rings. The first-order chi connectivity index (χ1) is 10.0. The number of nitrogens with zero attached hydrogens (tertiary/aromatic N) is 1. The van der Waals surface area contributed by atoms with E-state index < -0.39 is 0 Å². The molecule has 4 heteroatoms. The fraction of sp³-hybridized carbons (Fsp3) is 0.588. The van der Waals surface area contributed by atoms with Gasteiger partial charge in [0.05, 0.1) is 17.9 Å². The lowest BCUT2D eigenvalue weighted by Gasteiger charge is -2.39. The zero-order valence-corrected chi connectivity index (χ0v) is 13.3. The number of para-hydroxylation sites is 1. The SMILES string of the molecule is CCOc1c(N)cccc1C(=O)N1CCC(C)(CC)CC1. The van der Waals surface area contributed by atoms with Crippen LogP contribution in [0.25, 0.3) is 0 Å². The van der Waals surface area contributed by atoms with Gasteiger partial charge in [-0.15, -0.1) is 0 Å². The number of carbonyl (C=O) groups is 1. The summed E-state index contributed by atoms with van der Waals surface area (Å²) in [5.41, 5.74) is 7.42. The molecule has 0 spiro atoms. The molecular formula is C17H26N2O2. The van der Waals surface area contributed by atoms with E-state index in [9.17, 15) is 4.79 Å². The molecule has 0 radical (unpaired) electrons. The van der Waals surface area contributed by atoms with Gasteiger partial charge in [-0.05, 0) is 37.3 Å². The molecule has 0 atom stereocenters. The number of benzene rings is 1. The van der Waals surface area contributed by atoms with Gasteiger partial charge >= 0.3 is 0 Å². The fourth-order valence-corrected chi connectivity index (χ4v) is 2.80. The fourth-order valence-electron chi connectivity index (χ4n) is 2.80. The first kappa shape index (κ1) is 15.7. The summed E-state index contributed by atoms with van der Waals surface area (Å²) in [6.07, 6.45) is 3.28. The number of nitrogen functional groups attached to an aromatic ring is 1. The van der Waals surface area contributed by atoms with Crippen LogP contribution in [-0.4, -0.2) is 30.5 Å². The van der Waals surface area contributed by atoms with Gasteiger partial charge in [-0.3, -0.25) is 4.79 Å². The Morgan fingerprint density at radius 1 is 1.33 bits per heavy atom. The Kier molecular flexibility index (Phi) is 4.76. The summed E-state index contributed by atoms with van der Waals surface area (Å²) in [6.45, 7) is 8.55. The van der Waals surface area contributed by atoms with Gasteiger partial charge < -0.3 is 15.4 Å². The number of ether oxygens (including phenoxy) is 1. The largest absolute Gasteiger partial charge is 0.491 e. The summed E-state index contributed by atoms with van der Waals surface area (Å²) >= 11 is 0. The van der Waals surface area contributed by atoms with E-state index >= 15 is 0 Å². The van der Waals surface area contributed by atoms with Crippen molar-refractivity contribution < 1.29 is 9.53 Å².